The van der Waals surface area contributed by atoms with Gasteiger partial charge in [0.1, 0.15) is 0 Å². The van der Waals surface area contributed by atoms with Crippen LogP contribution in [0.4, 0.5) is 5.69 Å². The standard InChI is InChI=1S/C13H15Cl3N2O3/c14-9-3-11(16)12(4-10(9)15)17-13(20)6-18-1-2-21-8(5-18)7-19/h3-4,8,19H,1-2,5-7H2,(H,17,20). The third-order valence-electron chi connectivity index (χ3n) is 3.08. The van der Waals surface area contributed by atoms with Crippen LogP contribution in [-0.4, -0.2) is 54.9 Å². The van der Waals surface area contributed by atoms with Gasteiger partial charge in [0.15, 0.2) is 0 Å². The van der Waals surface area contributed by atoms with E-state index in [1.807, 2.05) is 4.90 Å². The summed E-state index contributed by atoms with van der Waals surface area (Å²) < 4.78 is 5.33. The third-order valence-corrected chi connectivity index (χ3v) is 4.11. The van der Waals surface area contributed by atoms with E-state index in [0.29, 0.717) is 40.5 Å². The second-order valence-corrected chi connectivity index (χ2v) is 5.93. The summed E-state index contributed by atoms with van der Waals surface area (Å²) in [5.74, 6) is -0.214. The van der Waals surface area contributed by atoms with E-state index >= 15 is 0 Å². The van der Waals surface area contributed by atoms with Crippen LogP contribution >= 0.6 is 34.8 Å². The predicted octanol–water partition coefficient (Wildman–Crippen LogP) is 2.28. The van der Waals surface area contributed by atoms with E-state index < -0.39 is 0 Å². The molecule has 21 heavy (non-hydrogen) atoms. The summed E-state index contributed by atoms with van der Waals surface area (Å²) in [6.07, 6.45) is -0.250. The van der Waals surface area contributed by atoms with Crippen molar-refractivity contribution < 1.29 is 14.6 Å². The normalized spacial score (nSPS) is 19.5. The molecule has 5 nitrogen and oxygen atoms in total. The molecule has 1 saturated heterocycles. The molecule has 0 aromatic heterocycles. The number of carbonyl (C=O) groups is 1. The summed E-state index contributed by atoms with van der Waals surface area (Å²) in [5.41, 5.74) is 0.419. The van der Waals surface area contributed by atoms with Crippen LogP contribution in [0, 0.1) is 0 Å². The Morgan fingerprint density at radius 1 is 1.33 bits per heavy atom. The van der Waals surface area contributed by atoms with Gasteiger partial charge < -0.3 is 15.2 Å². The first-order valence-corrected chi connectivity index (χ1v) is 7.52. The van der Waals surface area contributed by atoms with E-state index in [-0.39, 0.29) is 25.2 Å². The first kappa shape index (κ1) is 16.8. The van der Waals surface area contributed by atoms with Gasteiger partial charge in [-0.3, -0.25) is 9.69 Å². The molecule has 2 rings (SSSR count). The number of halogens is 3. The lowest BCUT2D eigenvalue weighted by Crippen LogP contribution is -2.46. The van der Waals surface area contributed by atoms with Gasteiger partial charge in [0.2, 0.25) is 5.91 Å². The highest BCUT2D eigenvalue weighted by Crippen LogP contribution is 2.32. The zero-order valence-electron chi connectivity index (χ0n) is 11.1. The molecule has 1 heterocycles. The zero-order chi connectivity index (χ0) is 15.4. The van der Waals surface area contributed by atoms with Crippen LogP contribution in [0.3, 0.4) is 0 Å². The van der Waals surface area contributed by atoms with Crippen LogP contribution in [0.25, 0.3) is 0 Å². The number of amides is 1. The van der Waals surface area contributed by atoms with Crippen LogP contribution < -0.4 is 5.32 Å². The van der Waals surface area contributed by atoms with Gasteiger partial charge in [-0.05, 0) is 12.1 Å². The van der Waals surface area contributed by atoms with Gasteiger partial charge in [-0.15, -0.1) is 0 Å². The molecule has 0 radical (unpaired) electrons. The van der Waals surface area contributed by atoms with Crippen molar-refractivity contribution in [3.8, 4) is 0 Å². The average molecular weight is 354 g/mol. The lowest BCUT2D eigenvalue weighted by atomic mass is 10.2. The van der Waals surface area contributed by atoms with Crippen molar-refractivity contribution in [1.82, 2.24) is 4.90 Å². The summed E-state index contributed by atoms with van der Waals surface area (Å²) in [4.78, 5) is 13.9. The van der Waals surface area contributed by atoms with Gasteiger partial charge in [-0.1, -0.05) is 34.8 Å². The molecular weight excluding hydrogens is 339 g/mol. The number of carbonyl (C=O) groups excluding carboxylic acids is 1. The maximum absolute atomic E-state index is 12.0. The first-order chi connectivity index (χ1) is 9.99. The van der Waals surface area contributed by atoms with Crippen molar-refractivity contribution in [2.75, 3.05) is 38.2 Å². The molecule has 1 aromatic rings. The number of morpholine rings is 1. The van der Waals surface area contributed by atoms with E-state index in [1.165, 1.54) is 12.1 Å². The fraction of sp³-hybridized carbons (Fsp3) is 0.462. The van der Waals surface area contributed by atoms with E-state index in [0.717, 1.165) is 0 Å². The number of benzene rings is 1. The molecule has 2 N–H and O–H groups in total. The van der Waals surface area contributed by atoms with Crippen molar-refractivity contribution in [2.24, 2.45) is 0 Å². The number of ether oxygens (including phenoxy) is 1. The Labute approximate surface area is 137 Å². The van der Waals surface area contributed by atoms with Gasteiger partial charge in [0.05, 0.1) is 46.6 Å². The maximum Gasteiger partial charge on any atom is 0.238 e. The number of hydrogen-bond acceptors (Lipinski definition) is 4. The average Bonchev–Trinajstić information content (AvgIpc) is 2.45. The van der Waals surface area contributed by atoms with Crippen LogP contribution in [0.2, 0.25) is 15.1 Å². The highest BCUT2D eigenvalue weighted by molar-refractivity contribution is 6.44. The largest absolute Gasteiger partial charge is 0.394 e. The van der Waals surface area contributed by atoms with Crippen LogP contribution in [0.5, 0.6) is 0 Å². The number of aliphatic hydroxyl groups is 1. The Hall–Kier alpha value is -0.560. The summed E-state index contributed by atoms with van der Waals surface area (Å²) in [6.45, 7) is 1.78. The Kier molecular flexibility index (Phi) is 6.10. The molecule has 1 aromatic carbocycles. The van der Waals surface area contributed by atoms with E-state index in [9.17, 15) is 4.79 Å². The summed E-state index contributed by atoms with van der Waals surface area (Å²) in [6, 6.07) is 3.00. The molecule has 0 bridgehead atoms. The van der Waals surface area contributed by atoms with Crippen LogP contribution in [-0.2, 0) is 9.53 Å². The molecule has 1 fully saturated rings. The lowest BCUT2D eigenvalue weighted by molar-refractivity contribution is -0.120. The second-order valence-electron chi connectivity index (χ2n) is 4.70. The Balaban J connectivity index is 1.94. The van der Waals surface area contributed by atoms with Gasteiger partial charge in [-0.25, -0.2) is 0 Å². The van der Waals surface area contributed by atoms with Crippen molar-refractivity contribution >= 4 is 46.4 Å². The predicted molar refractivity (Wildman–Crippen MR) is 83.4 cm³/mol. The van der Waals surface area contributed by atoms with Crippen molar-refractivity contribution in [3.05, 3.63) is 27.2 Å². The fourth-order valence-corrected chi connectivity index (χ4v) is 2.64. The molecule has 1 unspecified atom stereocenters. The van der Waals surface area contributed by atoms with Crippen LogP contribution in [0.1, 0.15) is 0 Å². The van der Waals surface area contributed by atoms with Gasteiger partial charge in [0.25, 0.3) is 0 Å². The molecule has 0 aliphatic carbocycles. The molecular formula is C13H15Cl3N2O3. The zero-order valence-corrected chi connectivity index (χ0v) is 13.4. The lowest BCUT2D eigenvalue weighted by Gasteiger charge is -2.31. The van der Waals surface area contributed by atoms with Gasteiger partial charge in [0, 0.05) is 13.1 Å². The van der Waals surface area contributed by atoms with Crippen LogP contribution in [0.15, 0.2) is 12.1 Å². The minimum Gasteiger partial charge on any atom is -0.394 e. The smallest absolute Gasteiger partial charge is 0.238 e. The summed E-state index contributed by atoms with van der Waals surface area (Å²) in [5, 5.41) is 12.8. The molecule has 1 amide bonds. The summed E-state index contributed by atoms with van der Waals surface area (Å²) >= 11 is 17.7. The topological polar surface area (TPSA) is 61.8 Å². The SMILES string of the molecule is O=C(CN1CCOC(CO)C1)Nc1cc(Cl)c(Cl)cc1Cl. The minimum atomic E-state index is -0.250. The molecule has 116 valence electrons. The number of nitrogens with zero attached hydrogens (tertiary/aromatic N) is 1. The number of aliphatic hydroxyl groups excluding tert-OH is 1. The van der Waals surface area contributed by atoms with E-state index in [2.05, 4.69) is 5.32 Å². The Morgan fingerprint density at radius 3 is 2.76 bits per heavy atom. The monoisotopic (exact) mass is 352 g/mol. The van der Waals surface area contributed by atoms with Crippen molar-refractivity contribution in [1.29, 1.82) is 0 Å². The second kappa shape index (κ2) is 7.63. The Morgan fingerprint density at radius 2 is 2.05 bits per heavy atom. The van der Waals surface area contributed by atoms with Crippen molar-refractivity contribution in [3.63, 3.8) is 0 Å². The van der Waals surface area contributed by atoms with Crippen molar-refractivity contribution in [2.45, 2.75) is 6.10 Å². The Bertz CT molecular complexity index is 528. The number of nitrogens with one attached hydrogen (secondary N) is 1. The molecule has 1 aliphatic heterocycles. The number of anilines is 1. The number of rotatable bonds is 4. The molecule has 1 aliphatic rings. The third kappa shape index (κ3) is 4.71. The fourth-order valence-electron chi connectivity index (χ4n) is 2.05. The van der Waals surface area contributed by atoms with E-state index in [4.69, 9.17) is 44.6 Å². The molecule has 8 heteroatoms. The minimum absolute atomic E-state index is 0.0588. The molecule has 1 atom stereocenters. The quantitative estimate of drug-likeness (QED) is 0.815. The maximum atomic E-state index is 12.0. The highest BCUT2D eigenvalue weighted by atomic mass is 35.5. The highest BCUT2D eigenvalue weighted by Gasteiger charge is 2.21. The first-order valence-electron chi connectivity index (χ1n) is 6.39. The van der Waals surface area contributed by atoms with Gasteiger partial charge in [-0.2, -0.15) is 0 Å². The summed E-state index contributed by atoms with van der Waals surface area (Å²) in [7, 11) is 0. The van der Waals surface area contributed by atoms with E-state index in [1.54, 1.807) is 0 Å². The van der Waals surface area contributed by atoms with Gasteiger partial charge >= 0.3 is 0 Å². The molecule has 0 saturated carbocycles. The number of hydrogen-bond donors (Lipinski definition) is 2. The molecule has 0 spiro atoms.